The molecule has 0 unspecified atom stereocenters. The third kappa shape index (κ3) is 5.53. The van der Waals surface area contributed by atoms with Crippen molar-refractivity contribution in [1.29, 1.82) is 0 Å². The summed E-state index contributed by atoms with van der Waals surface area (Å²) in [6.07, 6.45) is 5.92. The Balaban J connectivity index is 1.30. The van der Waals surface area contributed by atoms with E-state index in [4.69, 9.17) is 0 Å². The van der Waals surface area contributed by atoms with E-state index in [1.54, 1.807) is 42.6 Å². The van der Waals surface area contributed by atoms with Crippen LogP contribution in [0.1, 0.15) is 44.2 Å². The van der Waals surface area contributed by atoms with Crippen LogP contribution >= 0.6 is 0 Å². The van der Waals surface area contributed by atoms with Gasteiger partial charge in [0.05, 0.1) is 10.9 Å². The fourth-order valence-electron chi connectivity index (χ4n) is 4.35. The molecule has 1 fully saturated rings. The van der Waals surface area contributed by atoms with Crippen LogP contribution in [0.5, 0.6) is 0 Å². The molecule has 2 N–H and O–H groups in total. The maximum atomic E-state index is 13.1. The lowest BCUT2D eigenvalue weighted by molar-refractivity contribution is -0.126. The molecule has 180 valence electrons. The van der Waals surface area contributed by atoms with Crippen LogP contribution in [0.15, 0.2) is 65.8 Å². The van der Waals surface area contributed by atoms with Crippen LogP contribution in [0.2, 0.25) is 0 Å². The van der Waals surface area contributed by atoms with Crippen LogP contribution in [-0.4, -0.2) is 29.9 Å². The Labute approximate surface area is 199 Å². The monoisotopic (exact) mass is 484 g/mol. The van der Waals surface area contributed by atoms with E-state index in [2.05, 4.69) is 15.0 Å². The molecule has 1 aromatic heterocycles. The summed E-state index contributed by atoms with van der Waals surface area (Å²) in [4.78, 5) is 17.2. The number of amides is 1. The van der Waals surface area contributed by atoms with Gasteiger partial charge in [0.15, 0.2) is 0 Å². The molecule has 1 aliphatic carbocycles. The summed E-state index contributed by atoms with van der Waals surface area (Å²) in [5, 5.41) is 2.99. The molecule has 4 rings (SSSR count). The number of aromatic nitrogens is 2. The lowest BCUT2D eigenvalue weighted by atomic mass is 9.85. The number of carbonyl (C=O) groups is 1. The summed E-state index contributed by atoms with van der Waals surface area (Å²) in [6.45, 7) is 1.87. The predicted octanol–water partition coefficient (Wildman–Crippen LogP) is 3.94. The highest BCUT2D eigenvalue weighted by Gasteiger charge is 2.29. The molecule has 3 aromatic rings. The number of carbonyl (C=O) groups excluding carboxylic acids is 1. The van der Waals surface area contributed by atoms with E-state index in [0.29, 0.717) is 25.7 Å². The summed E-state index contributed by atoms with van der Waals surface area (Å²) in [5.41, 5.74) is 1.68. The molecule has 1 atom stereocenters. The van der Waals surface area contributed by atoms with Crippen molar-refractivity contribution >= 4 is 15.9 Å². The molecular weight excluding hydrogens is 455 g/mol. The van der Waals surface area contributed by atoms with Crippen molar-refractivity contribution in [1.82, 2.24) is 19.6 Å². The highest BCUT2D eigenvalue weighted by atomic mass is 32.2. The molecule has 0 saturated heterocycles. The largest absolute Gasteiger partial charge is 0.349 e. The predicted molar refractivity (Wildman–Crippen MR) is 128 cm³/mol. The third-order valence-corrected chi connectivity index (χ3v) is 7.93. The molecule has 2 aromatic carbocycles. The second-order valence-corrected chi connectivity index (χ2v) is 10.6. The topological polar surface area (TPSA) is 93.1 Å². The van der Waals surface area contributed by atoms with Crippen LogP contribution < -0.4 is 10.0 Å². The zero-order valence-corrected chi connectivity index (χ0v) is 20.1. The van der Waals surface area contributed by atoms with E-state index in [1.807, 2.05) is 24.7 Å². The van der Waals surface area contributed by atoms with Gasteiger partial charge >= 0.3 is 0 Å². The van der Waals surface area contributed by atoms with Crippen molar-refractivity contribution in [2.45, 2.75) is 49.6 Å². The van der Waals surface area contributed by atoms with Crippen molar-refractivity contribution in [3.63, 3.8) is 0 Å². The van der Waals surface area contributed by atoms with Crippen LogP contribution in [-0.2, 0) is 21.9 Å². The number of sulfonamides is 1. The van der Waals surface area contributed by atoms with E-state index < -0.39 is 10.0 Å². The maximum Gasteiger partial charge on any atom is 0.240 e. The number of hydrogen-bond acceptors (Lipinski definition) is 4. The molecule has 0 radical (unpaired) electrons. The van der Waals surface area contributed by atoms with E-state index in [-0.39, 0.29) is 34.6 Å². The van der Waals surface area contributed by atoms with E-state index >= 15 is 0 Å². The van der Waals surface area contributed by atoms with Gasteiger partial charge in [0, 0.05) is 37.0 Å². The number of aryl methyl sites for hydroxylation is 1. The molecular formula is C25H29FN4O3S. The van der Waals surface area contributed by atoms with Gasteiger partial charge in [0.25, 0.3) is 0 Å². The Bertz CT molecular complexity index is 1230. The lowest BCUT2D eigenvalue weighted by Crippen LogP contribution is -2.41. The van der Waals surface area contributed by atoms with Crippen LogP contribution in [0.4, 0.5) is 4.39 Å². The summed E-state index contributed by atoms with van der Waals surface area (Å²) in [6, 6.07) is 12.3. The van der Waals surface area contributed by atoms with Gasteiger partial charge < -0.3 is 9.88 Å². The minimum absolute atomic E-state index is 0.0528. The first kappa shape index (κ1) is 24.1. The number of hydrogen-bond donors (Lipinski definition) is 2. The number of benzene rings is 2. The zero-order valence-electron chi connectivity index (χ0n) is 19.2. The standard InChI is InChI=1S/C25H29FN4O3S/c1-17(18-3-9-21(26)10-4-18)28-25(31)20-5-11-22(12-6-20)29-34(32,33)23-13-7-19(8-14-23)24-27-15-16-30(24)2/h3-4,7-10,13-17,20,22,29H,5-6,11-12H2,1-2H3,(H,28,31)/t17-,20-,22-/m1/s1. The van der Waals surface area contributed by atoms with E-state index in [1.165, 1.54) is 12.1 Å². The average molecular weight is 485 g/mol. The van der Waals surface area contributed by atoms with Crippen molar-refractivity contribution in [3.05, 3.63) is 72.3 Å². The SMILES string of the molecule is C[C@@H](NC(=O)[C@H]1CC[C@H](NS(=O)(=O)c2ccc(-c3nccn3C)cc2)CC1)c1ccc(F)cc1. The second-order valence-electron chi connectivity index (χ2n) is 8.84. The minimum Gasteiger partial charge on any atom is -0.349 e. The van der Waals surface area contributed by atoms with Gasteiger partial charge in [-0.25, -0.2) is 22.5 Å². The molecule has 1 amide bonds. The lowest BCUT2D eigenvalue weighted by Gasteiger charge is -2.29. The first-order valence-electron chi connectivity index (χ1n) is 11.4. The molecule has 1 heterocycles. The van der Waals surface area contributed by atoms with Crippen molar-refractivity contribution in [3.8, 4) is 11.4 Å². The van der Waals surface area contributed by atoms with Crippen molar-refractivity contribution in [2.24, 2.45) is 13.0 Å². The van der Waals surface area contributed by atoms with Crippen LogP contribution in [0, 0.1) is 11.7 Å². The molecule has 1 saturated carbocycles. The molecule has 0 aliphatic heterocycles. The summed E-state index contributed by atoms with van der Waals surface area (Å²) >= 11 is 0. The van der Waals surface area contributed by atoms with Crippen LogP contribution in [0.3, 0.4) is 0 Å². The van der Waals surface area contributed by atoms with Gasteiger partial charge in [-0.05, 0) is 74.6 Å². The van der Waals surface area contributed by atoms with Gasteiger partial charge in [-0.2, -0.15) is 0 Å². The van der Waals surface area contributed by atoms with Crippen molar-refractivity contribution in [2.75, 3.05) is 0 Å². The normalized spacial score (nSPS) is 19.5. The Morgan fingerprint density at radius 2 is 1.71 bits per heavy atom. The van der Waals surface area contributed by atoms with E-state index in [0.717, 1.165) is 17.0 Å². The Morgan fingerprint density at radius 3 is 2.29 bits per heavy atom. The molecule has 34 heavy (non-hydrogen) atoms. The molecule has 7 nitrogen and oxygen atoms in total. The van der Waals surface area contributed by atoms with Gasteiger partial charge in [-0.15, -0.1) is 0 Å². The number of nitrogens with zero attached hydrogens (tertiary/aromatic N) is 2. The molecule has 9 heteroatoms. The number of halogens is 1. The second kappa shape index (κ2) is 10.1. The van der Waals surface area contributed by atoms with Gasteiger partial charge in [0.1, 0.15) is 11.6 Å². The Kier molecular flexibility index (Phi) is 7.13. The van der Waals surface area contributed by atoms with Crippen molar-refractivity contribution < 1.29 is 17.6 Å². The van der Waals surface area contributed by atoms with Gasteiger partial charge in [-0.3, -0.25) is 4.79 Å². The third-order valence-electron chi connectivity index (χ3n) is 6.39. The number of imidazole rings is 1. The smallest absolute Gasteiger partial charge is 0.240 e. The highest BCUT2D eigenvalue weighted by molar-refractivity contribution is 7.89. The summed E-state index contributed by atoms with van der Waals surface area (Å²) in [5.74, 6) is 0.234. The first-order valence-corrected chi connectivity index (χ1v) is 12.9. The van der Waals surface area contributed by atoms with Gasteiger partial charge in [-0.1, -0.05) is 12.1 Å². The fraction of sp³-hybridized carbons (Fsp3) is 0.360. The minimum atomic E-state index is -3.66. The van der Waals surface area contributed by atoms with Gasteiger partial charge in [0.2, 0.25) is 15.9 Å². The quantitative estimate of drug-likeness (QED) is 0.531. The average Bonchev–Trinajstić information content (AvgIpc) is 3.25. The molecule has 1 aliphatic rings. The summed E-state index contributed by atoms with van der Waals surface area (Å²) < 4.78 is 43.5. The summed E-state index contributed by atoms with van der Waals surface area (Å²) in [7, 11) is -1.78. The molecule has 0 spiro atoms. The highest BCUT2D eigenvalue weighted by Crippen LogP contribution is 2.27. The number of rotatable bonds is 7. The number of nitrogens with one attached hydrogen (secondary N) is 2. The Hall–Kier alpha value is -3.04. The molecule has 0 bridgehead atoms. The fourth-order valence-corrected chi connectivity index (χ4v) is 5.66. The maximum absolute atomic E-state index is 13.1. The van der Waals surface area contributed by atoms with Crippen LogP contribution in [0.25, 0.3) is 11.4 Å². The zero-order chi connectivity index (χ0) is 24.3. The first-order chi connectivity index (χ1) is 16.2. The Morgan fingerprint density at radius 1 is 1.06 bits per heavy atom. The van der Waals surface area contributed by atoms with E-state index in [9.17, 15) is 17.6 Å².